The summed E-state index contributed by atoms with van der Waals surface area (Å²) in [6.45, 7) is 8.89. The molecule has 2 fully saturated rings. The van der Waals surface area contributed by atoms with Crippen LogP contribution in [0.25, 0.3) is 0 Å². The Labute approximate surface area is 134 Å². The largest absolute Gasteiger partial charge is 0.444 e. The molecule has 0 spiro atoms. The van der Waals surface area contributed by atoms with Crippen molar-refractivity contribution in [1.29, 1.82) is 0 Å². The minimum atomic E-state index is -0.705. The van der Waals surface area contributed by atoms with E-state index < -0.39 is 11.2 Å². The molecule has 0 radical (unpaired) electrons. The molecule has 0 saturated carbocycles. The topological polar surface area (TPSA) is 59.0 Å². The van der Waals surface area contributed by atoms with Crippen LogP contribution in [-0.2, 0) is 9.47 Å². The van der Waals surface area contributed by atoms with Gasteiger partial charge in [0.2, 0.25) is 0 Å². The molecule has 2 unspecified atom stereocenters. The maximum absolute atomic E-state index is 12.5. The first-order valence-electron chi connectivity index (χ1n) is 8.55. The highest BCUT2D eigenvalue weighted by atomic mass is 16.6. The predicted octanol–water partition coefficient (Wildman–Crippen LogP) is 3.10. The highest BCUT2D eigenvalue weighted by Crippen LogP contribution is 2.41. The molecule has 0 aromatic heterocycles. The molecular weight excluding hydrogens is 282 g/mol. The molecule has 0 aliphatic carbocycles. The van der Waals surface area contributed by atoms with Gasteiger partial charge in [-0.2, -0.15) is 0 Å². The van der Waals surface area contributed by atoms with E-state index in [9.17, 15) is 9.90 Å². The third-order valence-corrected chi connectivity index (χ3v) is 4.61. The molecule has 2 aliphatic heterocycles. The number of nitrogens with zero attached hydrogens (tertiary/aromatic N) is 1. The molecule has 2 saturated heterocycles. The van der Waals surface area contributed by atoms with Crippen molar-refractivity contribution in [3.8, 4) is 0 Å². The van der Waals surface area contributed by atoms with Crippen LogP contribution in [0.4, 0.5) is 4.79 Å². The monoisotopic (exact) mass is 313 g/mol. The molecule has 0 aromatic carbocycles. The Morgan fingerprint density at radius 1 is 1.27 bits per heavy atom. The van der Waals surface area contributed by atoms with E-state index >= 15 is 0 Å². The van der Waals surface area contributed by atoms with Crippen LogP contribution in [-0.4, -0.2) is 52.6 Å². The van der Waals surface area contributed by atoms with Gasteiger partial charge in [-0.25, -0.2) is 4.79 Å². The first-order chi connectivity index (χ1) is 10.2. The van der Waals surface area contributed by atoms with Crippen LogP contribution in [0.2, 0.25) is 0 Å². The highest BCUT2D eigenvalue weighted by molar-refractivity contribution is 5.69. The molecule has 5 nitrogen and oxygen atoms in total. The van der Waals surface area contributed by atoms with Crippen LogP contribution in [0.5, 0.6) is 0 Å². The van der Waals surface area contributed by atoms with Crippen LogP contribution in [0.3, 0.4) is 0 Å². The van der Waals surface area contributed by atoms with Crippen LogP contribution in [0, 0.1) is 0 Å². The Balaban J connectivity index is 2.03. The molecular formula is C17H31NO4. The predicted molar refractivity (Wildman–Crippen MR) is 84.8 cm³/mol. The lowest BCUT2D eigenvalue weighted by Gasteiger charge is -2.51. The molecule has 5 heteroatoms. The molecule has 1 amide bonds. The first kappa shape index (κ1) is 17.5. The van der Waals surface area contributed by atoms with E-state index in [2.05, 4.69) is 0 Å². The smallest absolute Gasteiger partial charge is 0.410 e. The van der Waals surface area contributed by atoms with Gasteiger partial charge in [0.25, 0.3) is 0 Å². The Bertz CT molecular complexity index is 377. The zero-order valence-electron chi connectivity index (χ0n) is 14.4. The number of fused-ring (bicyclic) bond motifs is 2. The number of piperidine rings is 2. The van der Waals surface area contributed by atoms with E-state index in [1.807, 2.05) is 32.6 Å². The normalized spacial score (nSPS) is 32.0. The third kappa shape index (κ3) is 4.35. The molecule has 128 valence electrons. The van der Waals surface area contributed by atoms with E-state index in [0.29, 0.717) is 32.5 Å². The van der Waals surface area contributed by atoms with Gasteiger partial charge in [-0.15, -0.1) is 0 Å². The number of aliphatic hydroxyl groups is 1. The number of rotatable bonds is 4. The fourth-order valence-corrected chi connectivity index (χ4v) is 3.75. The zero-order chi connectivity index (χ0) is 16.4. The van der Waals surface area contributed by atoms with Crippen molar-refractivity contribution in [2.75, 3.05) is 13.2 Å². The summed E-state index contributed by atoms with van der Waals surface area (Å²) in [6, 6.07) is 0.183. The number of carbonyl (C=O) groups excluding carboxylic acids is 1. The maximum atomic E-state index is 12.5. The Hall–Kier alpha value is -0.810. The van der Waals surface area contributed by atoms with Crippen LogP contribution in [0.15, 0.2) is 0 Å². The summed E-state index contributed by atoms with van der Waals surface area (Å²) in [4.78, 5) is 14.4. The average Bonchev–Trinajstić information content (AvgIpc) is 2.35. The Morgan fingerprint density at radius 2 is 1.86 bits per heavy atom. The minimum Gasteiger partial charge on any atom is -0.444 e. The number of ether oxygens (including phenoxy) is 2. The summed E-state index contributed by atoms with van der Waals surface area (Å²) in [5, 5.41) is 10.9. The average molecular weight is 313 g/mol. The molecule has 2 heterocycles. The van der Waals surface area contributed by atoms with Gasteiger partial charge in [-0.05, 0) is 66.2 Å². The Morgan fingerprint density at radius 3 is 2.36 bits per heavy atom. The van der Waals surface area contributed by atoms with Gasteiger partial charge in [0.15, 0.2) is 0 Å². The standard InChI is InChI=1S/C17H31NO4/c1-5-21-10-9-17(20)11-13-7-6-8-14(12-17)18(13)15(19)22-16(2,3)4/h13-14,20H,5-12H2,1-4H3. The van der Waals surface area contributed by atoms with Gasteiger partial charge in [-0.1, -0.05) is 0 Å². The number of carbonyl (C=O) groups is 1. The molecule has 1 N–H and O–H groups in total. The highest BCUT2D eigenvalue weighted by Gasteiger charge is 2.48. The van der Waals surface area contributed by atoms with Crippen molar-refractivity contribution in [2.45, 2.75) is 89.5 Å². The van der Waals surface area contributed by atoms with Gasteiger partial charge in [0, 0.05) is 25.3 Å². The van der Waals surface area contributed by atoms with Crippen molar-refractivity contribution >= 4 is 6.09 Å². The summed E-state index contributed by atoms with van der Waals surface area (Å²) in [5.41, 5.74) is -1.18. The molecule has 22 heavy (non-hydrogen) atoms. The molecule has 2 bridgehead atoms. The van der Waals surface area contributed by atoms with E-state index in [0.717, 1.165) is 19.3 Å². The molecule has 2 atom stereocenters. The maximum Gasteiger partial charge on any atom is 0.410 e. The van der Waals surface area contributed by atoms with E-state index in [1.165, 1.54) is 0 Å². The fraction of sp³-hybridized carbons (Fsp3) is 0.941. The third-order valence-electron chi connectivity index (χ3n) is 4.61. The van der Waals surface area contributed by atoms with Crippen molar-refractivity contribution in [1.82, 2.24) is 4.90 Å². The summed E-state index contributed by atoms with van der Waals surface area (Å²) in [5.74, 6) is 0. The summed E-state index contributed by atoms with van der Waals surface area (Å²) >= 11 is 0. The lowest BCUT2D eigenvalue weighted by molar-refractivity contribution is -0.103. The van der Waals surface area contributed by atoms with Gasteiger partial charge >= 0.3 is 6.09 Å². The minimum absolute atomic E-state index is 0.0916. The number of hydrogen-bond acceptors (Lipinski definition) is 4. The van der Waals surface area contributed by atoms with Crippen LogP contribution in [0.1, 0.15) is 66.2 Å². The van der Waals surface area contributed by atoms with Gasteiger partial charge in [-0.3, -0.25) is 0 Å². The van der Waals surface area contributed by atoms with E-state index in [-0.39, 0.29) is 18.2 Å². The van der Waals surface area contributed by atoms with Crippen molar-refractivity contribution in [2.24, 2.45) is 0 Å². The summed E-state index contributed by atoms with van der Waals surface area (Å²) in [7, 11) is 0. The lowest BCUT2D eigenvalue weighted by atomic mass is 9.74. The van der Waals surface area contributed by atoms with Gasteiger partial charge in [0.05, 0.1) is 5.60 Å². The SMILES string of the molecule is CCOCCC1(O)CC2CCCC(C1)N2C(=O)OC(C)(C)C. The van der Waals surface area contributed by atoms with Gasteiger partial charge in [0.1, 0.15) is 5.60 Å². The first-order valence-corrected chi connectivity index (χ1v) is 8.55. The second kappa shape index (κ2) is 6.75. The molecule has 2 aliphatic rings. The van der Waals surface area contributed by atoms with Crippen LogP contribution < -0.4 is 0 Å². The molecule has 0 aromatic rings. The number of amides is 1. The molecule has 2 rings (SSSR count). The second-order valence-electron chi connectivity index (χ2n) is 7.71. The van der Waals surface area contributed by atoms with E-state index in [4.69, 9.17) is 9.47 Å². The van der Waals surface area contributed by atoms with Crippen molar-refractivity contribution < 1.29 is 19.4 Å². The quantitative estimate of drug-likeness (QED) is 0.810. The lowest BCUT2D eigenvalue weighted by Crippen LogP contribution is -2.60. The van der Waals surface area contributed by atoms with Crippen LogP contribution >= 0.6 is 0 Å². The number of hydrogen-bond donors (Lipinski definition) is 1. The fourth-order valence-electron chi connectivity index (χ4n) is 3.75. The second-order valence-corrected chi connectivity index (χ2v) is 7.71. The summed E-state index contributed by atoms with van der Waals surface area (Å²) < 4.78 is 11.0. The van der Waals surface area contributed by atoms with Crippen molar-refractivity contribution in [3.63, 3.8) is 0 Å². The van der Waals surface area contributed by atoms with Gasteiger partial charge < -0.3 is 19.5 Å². The summed E-state index contributed by atoms with van der Waals surface area (Å²) in [6.07, 6.45) is 4.71. The zero-order valence-corrected chi connectivity index (χ0v) is 14.4. The Kier molecular flexibility index (Phi) is 5.38. The van der Waals surface area contributed by atoms with Crippen molar-refractivity contribution in [3.05, 3.63) is 0 Å². The van der Waals surface area contributed by atoms with E-state index in [1.54, 1.807) is 0 Å².